The number of rotatable bonds is 0. The van der Waals surface area contributed by atoms with Gasteiger partial charge in [-0.2, -0.15) is 0 Å². The standard InChI is InChI=1S/C5H4N4O2.N2/c10-4-2-3(7-1-6-2)8-5(11)9-4;1-2/h1H,(H3,6,7,8,9,10,11);. The summed E-state index contributed by atoms with van der Waals surface area (Å²) in [4.78, 5) is 32.3. The van der Waals surface area contributed by atoms with Gasteiger partial charge in [-0.25, -0.2) is 9.78 Å². The summed E-state index contributed by atoms with van der Waals surface area (Å²) in [5.41, 5.74) is -0.445. The van der Waals surface area contributed by atoms with Gasteiger partial charge < -0.3 is 4.98 Å². The van der Waals surface area contributed by atoms with Crippen LogP contribution in [0.5, 0.6) is 0 Å². The summed E-state index contributed by atoms with van der Waals surface area (Å²) in [6.07, 6.45) is 1.34. The number of hydrogen-bond donors (Lipinski definition) is 3. The van der Waals surface area contributed by atoms with E-state index in [0.717, 1.165) is 0 Å². The Balaban J connectivity index is 0.000000396. The highest BCUT2D eigenvalue weighted by Gasteiger charge is 1.99. The van der Waals surface area contributed by atoms with Crippen molar-refractivity contribution in [2.75, 3.05) is 0 Å². The maximum absolute atomic E-state index is 10.9. The van der Waals surface area contributed by atoms with Crippen molar-refractivity contribution in [3.05, 3.63) is 27.2 Å². The molecule has 0 saturated heterocycles. The molecule has 2 aromatic heterocycles. The second-order valence-corrected chi connectivity index (χ2v) is 2.03. The summed E-state index contributed by atoms with van der Waals surface area (Å²) >= 11 is 0. The Labute approximate surface area is 70.1 Å². The van der Waals surface area contributed by atoms with Crippen LogP contribution in [0.1, 0.15) is 0 Å². The van der Waals surface area contributed by atoms with Crippen molar-refractivity contribution in [2.45, 2.75) is 0 Å². The van der Waals surface area contributed by atoms with Gasteiger partial charge in [0, 0.05) is 10.8 Å². The van der Waals surface area contributed by atoms with Crippen molar-refractivity contribution < 1.29 is 0 Å². The Hall–Kier alpha value is -2.43. The van der Waals surface area contributed by atoms with Gasteiger partial charge in [0.1, 0.15) is 5.52 Å². The molecule has 0 unspecified atom stereocenters. The number of nitrogens with zero attached hydrogens (tertiary/aromatic N) is 3. The lowest BCUT2D eigenvalue weighted by Gasteiger charge is -1.83. The predicted octanol–water partition coefficient (Wildman–Crippen LogP) is -1.03. The van der Waals surface area contributed by atoms with E-state index in [1.165, 1.54) is 6.33 Å². The third kappa shape index (κ3) is 1.43. The SMILES string of the molecule is N#N.O=c1[nH]c(=O)c2[nH]cnc2[nH]1. The van der Waals surface area contributed by atoms with Crippen LogP contribution in [0.25, 0.3) is 11.2 Å². The summed E-state index contributed by atoms with van der Waals surface area (Å²) in [5.74, 6) is 0. The summed E-state index contributed by atoms with van der Waals surface area (Å²) in [6.45, 7) is 0. The van der Waals surface area contributed by atoms with Crippen molar-refractivity contribution in [3.8, 4) is 0 Å². The minimum atomic E-state index is -0.547. The maximum Gasteiger partial charge on any atom is 0.327 e. The van der Waals surface area contributed by atoms with Gasteiger partial charge >= 0.3 is 5.69 Å². The van der Waals surface area contributed by atoms with Crippen LogP contribution in [0, 0.1) is 10.8 Å². The molecule has 0 saturated carbocycles. The lowest BCUT2D eigenvalue weighted by Crippen LogP contribution is -2.21. The third-order valence-corrected chi connectivity index (χ3v) is 1.33. The average molecular weight is 180 g/mol. The van der Waals surface area contributed by atoms with E-state index in [-0.39, 0.29) is 11.2 Å². The molecule has 2 heterocycles. The Morgan fingerprint density at radius 1 is 1.23 bits per heavy atom. The van der Waals surface area contributed by atoms with Crippen LogP contribution in [-0.2, 0) is 0 Å². The van der Waals surface area contributed by atoms with E-state index in [9.17, 15) is 9.59 Å². The van der Waals surface area contributed by atoms with Crippen LogP contribution in [0.2, 0.25) is 0 Å². The Morgan fingerprint density at radius 3 is 2.62 bits per heavy atom. The molecule has 0 spiro atoms. The number of nitrogens with one attached hydrogen (secondary N) is 3. The molecule has 0 aliphatic carbocycles. The molecule has 2 rings (SSSR count). The van der Waals surface area contributed by atoms with Gasteiger partial charge in [-0.15, -0.1) is 0 Å². The zero-order valence-corrected chi connectivity index (χ0v) is 6.24. The number of imidazole rings is 1. The van der Waals surface area contributed by atoms with Crippen molar-refractivity contribution in [1.82, 2.24) is 19.9 Å². The van der Waals surface area contributed by atoms with Gasteiger partial charge in [0.2, 0.25) is 0 Å². The quantitative estimate of drug-likeness (QED) is 0.444. The highest BCUT2D eigenvalue weighted by atomic mass is 16.2. The molecule has 0 amide bonds. The first-order valence-corrected chi connectivity index (χ1v) is 3.13. The molecule has 0 fully saturated rings. The van der Waals surface area contributed by atoms with Gasteiger partial charge in [-0.1, -0.05) is 0 Å². The van der Waals surface area contributed by atoms with E-state index < -0.39 is 11.2 Å². The van der Waals surface area contributed by atoms with Crippen LogP contribution < -0.4 is 11.2 Å². The molecule has 3 N–H and O–H groups in total. The number of fused-ring (bicyclic) bond motifs is 1. The molecule has 0 aliphatic heterocycles. The van der Waals surface area contributed by atoms with E-state index in [1.807, 2.05) is 0 Å². The summed E-state index contributed by atoms with van der Waals surface area (Å²) in [7, 11) is 0. The summed E-state index contributed by atoms with van der Waals surface area (Å²) < 4.78 is 0. The highest BCUT2D eigenvalue weighted by molar-refractivity contribution is 5.67. The van der Waals surface area contributed by atoms with Crippen LogP contribution >= 0.6 is 0 Å². The van der Waals surface area contributed by atoms with Crippen molar-refractivity contribution in [1.29, 1.82) is 10.8 Å². The van der Waals surface area contributed by atoms with Crippen LogP contribution in [0.3, 0.4) is 0 Å². The van der Waals surface area contributed by atoms with Crippen LogP contribution in [0.4, 0.5) is 0 Å². The lowest BCUT2D eigenvalue weighted by molar-refractivity contribution is 1.07. The Morgan fingerprint density at radius 2 is 1.92 bits per heavy atom. The first kappa shape index (κ1) is 8.66. The van der Waals surface area contributed by atoms with Crippen LogP contribution in [0.15, 0.2) is 15.9 Å². The van der Waals surface area contributed by atoms with E-state index in [2.05, 4.69) is 19.9 Å². The molecule has 0 radical (unpaired) electrons. The first-order valence-electron chi connectivity index (χ1n) is 3.13. The largest absolute Gasteiger partial charge is 0.339 e. The van der Waals surface area contributed by atoms with E-state index in [0.29, 0.717) is 0 Å². The number of hydrogen-bond acceptors (Lipinski definition) is 5. The molecule has 0 bridgehead atoms. The molecule has 0 aromatic carbocycles. The Kier molecular flexibility index (Phi) is 2.21. The third-order valence-electron chi connectivity index (χ3n) is 1.33. The second-order valence-electron chi connectivity index (χ2n) is 2.03. The molecule has 2 aromatic rings. The zero-order chi connectivity index (χ0) is 9.84. The summed E-state index contributed by atoms with van der Waals surface area (Å²) in [5, 5.41) is 12.0. The van der Waals surface area contributed by atoms with E-state index >= 15 is 0 Å². The number of aromatic amines is 3. The van der Waals surface area contributed by atoms with Gasteiger partial charge in [-0.05, 0) is 0 Å². The van der Waals surface area contributed by atoms with Gasteiger partial charge in [0.05, 0.1) is 6.33 Å². The minimum absolute atomic E-state index is 0.277. The van der Waals surface area contributed by atoms with E-state index in [4.69, 9.17) is 10.8 Å². The predicted molar refractivity (Wildman–Crippen MR) is 40.8 cm³/mol. The fourth-order valence-electron chi connectivity index (χ4n) is 0.867. The molecule has 13 heavy (non-hydrogen) atoms. The fraction of sp³-hybridized carbons (Fsp3) is 0. The molecule has 0 aliphatic rings. The monoisotopic (exact) mass is 180 g/mol. The normalized spacial score (nSPS) is 9.08. The lowest BCUT2D eigenvalue weighted by atomic mass is 10.5. The maximum atomic E-state index is 10.9. The first-order chi connectivity index (χ1) is 6.27. The molecular weight excluding hydrogens is 176 g/mol. The number of H-pyrrole nitrogens is 3. The molecular formula is C5H4N6O2. The van der Waals surface area contributed by atoms with Crippen molar-refractivity contribution in [2.24, 2.45) is 0 Å². The molecule has 8 nitrogen and oxygen atoms in total. The van der Waals surface area contributed by atoms with Crippen molar-refractivity contribution in [3.63, 3.8) is 0 Å². The average Bonchev–Trinajstić information content (AvgIpc) is 2.55. The zero-order valence-electron chi connectivity index (χ0n) is 6.24. The van der Waals surface area contributed by atoms with Gasteiger partial charge in [-0.3, -0.25) is 14.8 Å². The topological polar surface area (TPSA) is 142 Å². The summed E-state index contributed by atoms with van der Waals surface area (Å²) in [6, 6.07) is 0. The fourth-order valence-corrected chi connectivity index (χ4v) is 0.867. The van der Waals surface area contributed by atoms with Gasteiger partial charge in [0.15, 0.2) is 5.65 Å². The Bertz CT molecular complexity index is 531. The molecule has 66 valence electrons. The minimum Gasteiger partial charge on any atom is -0.339 e. The van der Waals surface area contributed by atoms with E-state index in [1.54, 1.807) is 0 Å². The van der Waals surface area contributed by atoms with Gasteiger partial charge in [0.25, 0.3) is 5.56 Å². The smallest absolute Gasteiger partial charge is 0.327 e. The molecule has 8 heteroatoms. The highest BCUT2D eigenvalue weighted by Crippen LogP contribution is 1.92. The second kappa shape index (κ2) is 3.31. The van der Waals surface area contributed by atoms with Crippen LogP contribution in [-0.4, -0.2) is 19.9 Å². The number of aromatic nitrogens is 4. The molecule has 0 atom stereocenters. The van der Waals surface area contributed by atoms with Crippen molar-refractivity contribution >= 4 is 11.2 Å².